The van der Waals surface area contributed by atoms with Gasteiger partial charge in [0.15, 0.2) is 0 Å². The molecule has 0 saturated heterocycles. The molecule has 3 radical (unpaired) electrons. The zero-order valence-electron chi connectivity index (χ0n) is 5.19. The van der Waals surface area contributed by atoms with Crippen LogP contribution < -0.4 is 0 Å². The Morgan fingerprint density at radius 2 is 2.20 bits per heavy atom. The number of aromatic nitrogens is 1. The molecule has 0 spiro atoms. The molecule has 0 saturated carbocycles. The molecule has 1 heterocycles. The maximum absolute atomic E-state index is 10.1. The molecule has 0 unspecified atom stereocenters. The van der Waals surface area contributed by atoms with E-state index in [1.165, 1.54) is 12.3 Å². The molecule has 0 aliphatic heterocycles. The van der Waals surface area contributed by atoms with Gasteiger partial charge in [0.1, 0.15) is 5.69 Å². The Hall–Kier alpha value is -0.744. The molecular weight excluding hydrogens is 188 g/mol. The Morgan fingerprint density at radius 1 is 1.50 bits per heavy atom. The molecule has 0 atom stereocenters. The van der Waals surface area contributed by atoms with E-state index in [9.17, 15) is 4.79 Å². The Bertz CT molecular complexity index is 212. The van der Waals surface area contributed by atoms with Crippen LogP contribution in [-0.4, -0.2) is 35.9 Å². The maximum atomic E-state index is 10.1. The number of hydrogen-bond donors (Lipinski definition) is 1. The van der Waals surface area contributed by atoms with Crippen LogP contribution in [0.1, 0.15) is 10.5 Å². The molecule has 10 heavy (non-hydrogen) atoms. The SMILES string of the molecule is O=C(O)c1ccccn1.[Ga]. The molecule has 0 aliphatic carbocycles. The number of hydrogen-bond acceptors (Lipinski definition) is 2. The van der Waals surface area contributed by atoms with Crippen LogP contribution in [0.15, 0.2) is 24.4 Å². The third-order valence-corrected chi connectivity index (χ3v) is 0.884. The van der Waals surface area contributed by atoms with Crippen molar-refractivity contribution in [1.82, 2.24) is 4.98 Å². The molecule has 0 fully saturated rings. The first kappa shape index (κ1) is 9.26. The second-order valence-electron chi connectivity index (χ2n) is 1.52. The molecule has 0 bridgehead atoms. The summed E-state index contributed by atoms with van der Waals surface area (Å²) in [6, 6.07) is 4.76. The summed E-state index contributed by atoms with van der Waals surface area (Å²) in [6.07, 6.45) is 1.45. The van der Waals surface area contributed by atoms with Gasteiger partial charge in [-0.15, -0.1) is 0 Å². The minimum atomic E-state index is -0.990. The van der Waals surface area contributed by atoms with E-state index in [2.05, 4.69) is 4.98 Å². The number of carboxylic acids is 1. The van der Waals surface area contributed by atoms with Gasteiger partial charge in [0.25, 0.3) is 0 Å². The first-order valence-corrected chi connectivity index (χ1v) is 2.45. The van der Waals surface area contributed by atoms with Crippen molar-refractivity contribution in [2.24, 2.45) is 0 Å². The first-order valence-electron chi connectivity index (χ1n) is 2.45. The molecule has 0 aromatic carbocycles. The van der Waals surface area contributed by atoms with E-state index in [0.29, 0.717) is 0 Å². The number of nitrogens with zero attached hydrogens (tertiary/aromatic N) is 1. The van der Waals surface area contributed by atoms with Gasteiger partial charge in [0, 0.05) is 26.0 Å². The van der Waals surface area contributed by atoms with Crippen LogP contribution in [0.4, 0.5) is 0 Å². The average Bonchev–Trinajstić information content (AvgIpc) is 1.90. The number of rotatable bonds is 1. The largest absolute Gasteiger partial charge is 0.477 e. The van der Waals surface area contributed by atoms with Crippen molar-refractivity contribution in [2.45, 2.75) is 0 Å². The Balaban J connectivity index is 0.000000810. The van der Waals surface area contributed by atoms with E-state index >= 15 is 0 Å². The van der Waals surface area contributed by atoms with E-state index in [1.54, 1.807) is 12.1 Å². The molecular formula is C6H5GaNO2. The topological polar surface area (TPSA) is 50.2 Å². The van der Waals surface area contributed by atoms with E-state index in [0.717, 1.165) is 0 Å². The van der Waals surface area contributed by atoms with Crippen LogP contribution in [0.5, 0.6) is 0 Å². The molecule has 3 nitrogen and oxygen atoms in total. The van der Waals surface area contributed by atoms with Crippen LogP contribution in [0.25, 0.3) is 0 Å². The maximum Gasteiger partial charge on any atom is 0.354 e. The summed E-state index contributed by atoms with van der Waals surface area (Å²) < 4.78 is 0. The third kappa shape index (κ3) is 2.24. The summed E-state index contributed by atoms with van der Waals surface area (Å²) in [7, 11) is 0. The van der Waals surface area contributed by atoms with E-state index < -0.39 is 5.97 Å². The fourth-order valence-electron chi connectivity index (χ4n) is 0.489. The number of pyridine rings is 1. The number of aromatic carboxylic acids is 1. The van der Waals surface area contributed by atoms with Crippen molar-refractivity contribution < 1.29 is 9.90 Å². The van der Waals surface area contributed by atoms with Crippen molar-refractivity contribution in [3.63, 3.8) is 0 Å². The molecule has 49 valence electrons. The van der Waals surface area contributed by atoms with Crippen LogP contribution >= 0.6 is 0 Å². The fourth-order valence-corrected chi connectivity index (χ4v) is 0.489. The molecule has 1 rings (SSSR count). The van der Waals surface area contributed by atoms with Gasteiger partial charge in [-0.05, 0) is 12.1 Å². The second kappa shape index (κ2) is 4.13. The molecule has 1 aromatic heterocycles. The van der Waals surface area contributed by atoms with Gasteiger partial charge in [-0.2, -0.15) is 0 Å². The van der Waals surface area contributed by atoms with Crippen LogP contribution in [0, 0.1) is 0 Å². The normalized spacial score (nSPS) is 8.00. The zero-order valence-corrected chi connectivity index (χ0v) is 7.61. The number of carbonyl (C=O) groups is 1. The predicted octanol–water partition coefficient (Wildman–Crippen LogP) is 0.399. The van der Waals surface area contributed by atoms with Gasteiger partial charge < -0.3 is 5.11 Å². The van der Waals surface area contributed by atoms with Crippen molar-refractivity contribution in [3.05, 3.63) is 30.1 Å². The van der Waals surface area contributed by atoms with Crippen molar-refractivity contribution in [2.75, 3.05) is 0 Å². The monoisotopic (exact) mass is 192 g/mol. The van der Waals surface area contributed by atoms with Gasteiger partial charge in [-0.1, -0.05) is 6.07 Å². The summed E-state index contributed by atoms with van der Waals surface area (Å²) in [4.78, 5) is 13.7. The van der Waals surface area contributed by atoms with Gasteiger partial charge in [-0.25, -0.2) is 9.78 Å². The molecule has 4 heteroatoms. The van der Waals surface area contributed by atoms with Gasteiger partial charge in [-0.3, -0.25) is 0 Å². The minimum Gasteiger partial charge on any atom is -0.477 e. The third-order valence-electron chi connectivity index (χ3n) is 0.884. The van der Waals surface area contributed by atoms with Gasteiger partial charge in [0.2, 0.25) is 0 Å². The Kier molecular flexibility index (Phi) is 3.83. The summed E-state index contributed by atoms with van der Waals surface area (Å²) in [5.74, 6) is -0.990. The van der Waals surface area contributed by atoms with Crippen molar-refractivity contribution >= 4 is 25.8 Å². The average molecular weight is 193 g/mol. The van der Waals surface area contributed by atoms with Crippen LogP contribution in [0.3, 0.4) is 0 Å². The smallest absolute Gasteiger partial charge is 0.354 e. The Labute approximate surface area is 71.2 Å². The first-order chi connectivity index (χ1) is 4.30. The standard InChI is InChI=1S/C6H5NO2.Ga/c8-6(9)5-3-1-2-4-7-5;/h1-4H,(H,8,9);. The van der Waals surface area contributed by atoms with Crippen LogP contribution in [-0.2, 0) is 0 Å². The van der Waals surface area contributed by atoms with Gasteiger partial charge >= 0.3 is 5.97 Å². The zero-order chi connectivity index (χ0) is 6.69. The molecule has 1 N–H and O–H groups in total. The summed E-state index contributed by atoms with van der Waals surface area (Å²) in [5.41, 5.74) is 0.0810. The van der Waals surface area contributed by atoms with Crippen molar-refractivity contribution in [1.29, 1.82) is 0 Å². The molecule has 0 aliphatic rings. The number of carboxylic acid groups (broad SMARTS) is 1. The van der Waals surface area contributed by atoms with E-state index in [1.807, 2.05) is 0 Å². The molecule has 0 amide bonds. The van der Waals surface area contributed by atoms with E-state index in [4.69, 9.17) is 5.11 Å². The summed E-state index contributed by atoms with van der Waals surface area (Å²) in [6.45, 7) is 0. The van der Waals surface area contributed by atoms with Gasteiger partial charge in [0.05, 0.1) is 0 Å². The Morgan fingerprint density at radius 3 is 2.50 bits per heavy atom. The minimum absolute atomic E-state index is 0. The molecule has 1 aromatic rings. The van der Waals surface area contributed by atoms with Crippen LogP contribution in [0.2, 0.25) is 0 Å². The second-order valence-corrected chi connectivity index (χ2v) is 1.52. The summed E-state index contributed by atoms with van der Waals surface area (Å²) in [5, 5.41) is 8.32. The predicted molar refractivity (Wildman–Crippen MR) is 37.0 cm³/mol. The fraction of sp³-hybridized carbons (Fsp3) is 0. The van der Waals surface area contributed by atoms with E-state index in [-0.39, 0.29) is 25.5 Å². The quantitative estimate of drug-likeness (QED) is 0.656. The summed E-state index contributed by atoms with van der Waals surface area (Å²) >= 11 is 0. The van der Waals surface area contributed by atoms with Crippen molar-refractivity contribution in [3.8, 4) is 0 Å².